The van der Waals surface area contributed by atoms with Gasteiger partial charge in [0, 0.05) is 0 Å². The van der Waals surface area contributed by atoms with Crippen molar-refractivity contribution in [1.82, 2.24) is 0 Å². The van der Waals surface area contributed by atoms with Crippen molar-refractivity contribution in [3.8, 4) is 23.0 Å². The number of benzene rings is 4. The van der Waals surface area contributed by atoms with Gasteiger partial charge in [-0.05, 0) is 119 Å². The van der Waals surface area contributed by atoms with Gasteiger partial charge in [0.05, 0.1) is 26.4 Å². The van der Waals surface area contributed by atoms with Crippen LogP contribution in [0, 0.1) is 0 Å². The zero-order valence-corrected chi connectivity index (χ0v) is 38.3. The van der Waals surface area contributed by atoms with E-state index in [4.69, 9.17) is 18.9 Å². The molecule has 4 rings (SSSR count). The lowest BCUT2D eigenvalue weighted by molar-refractivity contribution is 0.259. The van der Waals surface area contributed by atoms with E-state index in [-0.39, 0.29) is 0 Å². The Balaban J connectivity index is 1.96. The largest absolute Gasteiger partial charge is 0.490 e. The molecule has 4 aromatic rings. The molecule has 0 radical (unpaired) electrons. The fourth-order valence-electron chi connectivity index (χ4n) is 8.39. The van der Waals surface area contributed by atoms with Gasteiger partial charge in [-0.25, -0.2) is 0 Å². The maximum absolute atomic E-state index is 6.68. The Hall–Kier alpha value is -3.14. The average Bonchev–Trinajstić information content (AvgIpc) is 3.24. The zero-order chi connectivity index (χ0) is 41.2. The molecule has 0 fully saturated rings. The van der Waals surface area contributed by atoms with E-state index in [9.17, 15) is 0 Å². The molecule has 324 valence electrons. The first kappa shape index (κ1) is 47.5. The first-order valence-corrected chi connectivity index (χ1v) is 24.6. The molecule has 0 bridgehead atoms. The van der Waals surface area contributed by atoms with E-state index < -0.39 is 0 Å². The second kappa shape index (κ2) is 28.3. The lowest BCUT2D eigenvalue weighted by Crippen LogP contribution is -2.04. The van der Waals surface area contributed by atoms with Crippen molar-refractivity contribution in [2.24, 2.45) is 0 Å². The molecule has 4 heteroatoms. The Morgan fingerprint density at radius 1 is 0.259 bits per heavy atom. The van der Waals surface area contributed by atoms with Crippen molar-refractivity contribution >= 4 is 32.3 Å². The fourth-order valence-corrected chi connectivity index (χ4v) is 8.39. The van der Waals surface area contributed by atoms with Crippen LogP contribution in [-0.2, 0) is 12.8 Å². The SMILES string of the molecule is CCCCCCOc1cc2c3cc(CCCCCC)c(CCCCCC)cc3c3cc(OCCCCCC)c(OCCCCCC)cc3c2cc1OCCCCCC. The normalized spacial score (nSPS) is 11.6. The maximum atomic E-state index is 6.68. The highest BCUT2D eigenvalue weighted by Gasteiger charge is 2.20. The van der Waals surface area contributed by atoms with Gasteiger partial charge in [-0.15, -0.1) is 0 Å². The molecule has 58 heavy (non-hydrogen) atoms. The van der Waals surface area contributed by atoms with Crippen LogP contribution in [0.2, 0.25) is 0 Å². The number of unbranched alkanes of at least 4 members (excludes halogenated alkanes) is 18. The summed E-state index contributed by atoms with van der Waals surface area (Å²) < 4.78 is 26.7. The minimum Gasteiger partial charge on any atom is -0.490 e. The smallest absolute Gasteiger partial charge is 0.161 e. The minimum absolute atomic E-state index is 0.703. The molecular weight excluding hydrogens is 713 g/mol. The Morgan fingerprint density at radius 2 is 0.483 bits per heavy atom. The number of aryl methyl sites for hydroxylation is 2. The van der Waals surface area contributed by atoms with Gasteiger partial charge < -0.3 is 18.9 Å². The predicted molar refractivity (Wildman–Crippen MR) is 253 cm³/mol. The molecule has 4 nitrogen and oxygen atoms in total. The average molecular weight is 797 g/mol. The molecule has 4 aromatic carbocycles. The minimum atomic E-state index is 0.703. The van der Waals surface area contributed by atoms with Crippen LogP contribution in [0.5, 0.6) is 23.0 Å². The van der Waals surface area contributed by atoms with Crippen LogP contribution < -0.4 is 18.9 Å². The molecular formula is C54H84O4. The second-order valence-electron chi connectivity index (χ2n) is 17.1. The number of rotatable bonds is 34. The summed E-state index contributed by atoms with van der Waals surface area (Å²) in [6.07, 6.45) is 31.3. The lowest BCUT2D eigenvalue weighted by Gasteiger charge is -2.21. The summed E-state index contributed by atoms with van der Waals surface area (Å²) >= 11 is 0. The lowest BCUT2D eigenvalue weighted by atomic mass is 9.88. The van der Waals surface area contributed by atoms with Crippen molar-refractivity contribution in [1.29, 1.82) is 0 Å². The predicted octanol–water partition coefficient (Wildman–Crippen LogP) is 17.2. The molecule has 0 spiro atoms. The summed E-state index contributed by atoms with van der Waals surface area (Å²) in [7, 11) is 0. The zero-order valence-electron chi connectivity index (χ0n) is 38.3. The Kier molecular flexibility index (Phi) is 23.2. The van der Waals surface area contributed by atoms with Crippen molar-refractivity contribution in [2.45, 2.75) is 208 Å². The van der Waals surface area contributed by atoms with E-state index in [1.54, 1.807) is 0 Å². The third-order valence-electron chi connectivity index (χ3n) is 12.0. The topological polar surface area (TPSA) is 36.9 Å². The fraction of sp³-hybridized carbons (Fsp3) is 0.667. The van der Waals surface area contributed by atoms with Crippen molar-refractivity contribution in [3.63, 3.8) is 0 Å². The highest BCUT2D eigenvalue weighted by Crippen LogP contribution is 2.45. The Bertz CT molecular complexity index is 1600. The summed E-state index contributed by atoms with van der Waals surface area (Å²) in [5, 5.41) is 7.55. The third kappa shape index (κ3) is 15.2. The van der Waals surface area contributed by atoms with E-state index in [2.05, 4.69) is 77.9 Å². The number of hydrogen-bond donors (Lipinski definition) is 0. The van der Waals surface area contributed by atoms with Gasteiger partial charge in [-0.1, -0.05) is 169 Å². The molecule has 0 N–H and O–H groups in total. The second-order valence-corrected chi connectivity index (χ2v) is 17.1. The first-order valence-electron chi connectivity index (χ1n) is 24.6. The molecule has 0 unspecified atom stereocenters. The van der Waals surface area contributed by atoms with Gasteiger partial charge in [0.2, 0.25) is 0 Å². The van der Waals surface area contributed by atoms with Crippen molar-refractivity contribution in [2.75, 3.05) is 26.4 Å². The molecule has 0 aromatic heterocycles. The molecule has 0 aliphatic heterocycles. The van der Waals surface area contributed by atoms with Crippen LogP contribution in [0.3, 0.4) is 0 Å². The summed E-state index contributed by atoms with van der Waals surface area (Å²) in [6.45, 7) is 16.5. The highest BCUT2D eigenvalue weighted by atomic mass is 16.5. The van der Waals surface area contributed by atoms with E-state index in [1.165, 1.54) is 172 Å². The monoisotopic (exact) mass is 797 g/mol. The molecule has 0 amide bonds. The standard InChI is InChI=1S/C54H84O4/c1-7-13-19-25-31-43-37-45-46(38-44(43)32-26-20-14-8-2)48-40-52(56-34-28-22-16-10-4)54(58-36-30-24-18-12-6)42-50(48)49-41-53(57-35-29-23-17-11-5)51(39-47(45)49)55-33-27-21-15-9-3/h37-42H,7-36H2,1-6H3. The van der Waals surface area contributed by atoms with Crippen molar-refractivity contribution in [3.05, 3.63) is 47.5 Å². The molecule has 0 aliphatic carbocycles. The molecule has 0 saturated carbocycles. The highest BCUT2D eigenvalue weighted by molar-refractivity contribution is 6.26. The van der Waals surface area contributed by atoms with E-state index in [0.717, 1.165) is 61.5 Å². The van der Waals surface area contributed by atoms with Gasteiger partial charge in [0.15, 0.2) is 23.0 Å². The first-order chi connectivity index (χ1) is 28.6. The van der Waals surface area contributed by atoms with E-state index in [1.807, 2.05) is 0 Å². The van der Waals surface area contributed by atoms with Gasteiger partial charge >= 0.3 is 0 Å². The van der Waals surface area contributed by atoms with E-state index in [0.29, 0.717) is 26.4 Å². The molecule has 0 aliphatic rings. The van der Waals surface area contributed by atoms with Crippen LogP contribution in [-0.4, -0.2) is 26.4 Å². The molecule has 0 atom stereocenters. The quantitative estimate of drug-likeness (QED) is 0.0348. The maximum Gasteiger partial charge on any atom is 0.161 e. The van der Waals surface area contributed by atoms with Crippen LogP contribution in [0.4, 0.5) is 0 Å². The number of hydrogen-bond acceptors (Lipinski definition) is 4. The van der Waals surface area contributed by atoms with Crippen LogP contribution in [0.1, 0.15) is 207 Å². The van der Waals surface area contributed by atoms with Gasteiger partial charge in [-0.2, -0.15) is 0 Å². The van der Waals surface area contributed by atoms with Gasteiger partial charge in [0.1, 0.15) is 0 Å². The van der Waals surface area contributed by atoms with Crippen LogP contribution >= 0.6 is 0 Å². The third-order valence-corrected chi connectivity index (χ3v) is 12.0. The summed E-state index contributed by atoms with van der Waals surface area (Å²) in [6, 6.07) is 14.4. The van der Waals surface area contributed by atoms with Gasteiger partial charge in [0.25, 0.3) is 0 Å². The Morgan fingerprint density at radius 3 is 0.724 bits per heavy atom. The summed E-state index contributed by atoms with van der Waals surface area (Å²) in [4.78, 5) is 0. The van der Waals surface area contributed by atoms with Crippen LogP contribution in [0.15, 0.2) is 36.4 Å². The molecule has 0 heterocycles. The van der Waals surface area contributed by atoms with Gasteiger partial charge in [-0.3, -0.25) is 0 Å². The van der Waals surface area contributed by atoms with E-state index >= 15 is 0 Å². The summed E-state index contributed by atoms with van der Waals surface area (Å²) in [5.74, 6) is 3.50. The number of fused-ring (bicyclic) bond motifs is 6. The molecule has 0 saturated heterocycles. The van der Waals surface area contributed by atoms with Crippen LogP contribution in [0.25, 0.3) is 32.3 Å². The van der Waals surface area contributed by atoms with Crippen molar-refractivity contribution < 1.29 is 18.9 Å². The Labute approximate surface area is 355 Å². The summed E-state index contributed by atoms with van der Waals surface area (Å²) in [5.41, 5.74) is 3.05. The number of ether oxygens (including phenoxy) is 4.